The minimum atomic E-state index is -0.846. The Morgan fingerprint density at radius 1 is 1.00 bits per heavy atom. The maximum absolute atomic E-state index is 14.4. The first-order valence-electron chi connectivity index (χ1n) is 10.7. The van der Waals surface area contributed by atoms with Crippen molar-refractivity contribution < 1.29 is 18.7 Å². The third kappa shape index (κ3) is 3.75. The first-order chi connectivity index (χ1) is 16.6. The molecule has 0 unspecified atom stereocenters. The van der Waals surface area contributed by atoms with Gasteiger partial charge in [0.1, 0.15) is 5.82 Å². The molecule has 2 N–H and O–H groups in total. The summed E-state index contributed by atoms with van der Waals surface area (Å²) in [5.41, 5.74) is 2.50. The summed E-state index contributed by atoms with van der Waals surface area (Å²) in [6, 6.07) is 17.5. The maximum Gasteiger partial charge on any atom is 0.235 e. The Balaban J connectivity index is 1.51. The van der Waals surface area contributed by atoms with Crippen LogP contribution in [-0.4, -0.2) is 40.8 Å². The topological polar surface area (TPSA) is 102 Å². The van der Waals surface area contributed by atoms with Crippen molar-refractivity contribution in [2.24, 2.45) is 0 Å². The number of hydrogen-bond donors (Lipinski definition) is 2. The number of anilines is 1. The van der Waals surface area contributed by atoms with Crippen LogP contribution < -0.4 is 14.8 Å². The summed E-state index contributed by atoms with van der Waals surface area (Å²) >= 11 is 0. The van der Waals surface area contributed by atoms with E-state index in [-0.39, 0.29) is 11.7 Å². The van der Waals surface area contributed by atoms with E-state index < -0.39 is 5.41 Å². The molecule has 4 aromatic rings. The summed E-state index contributed by atoms with van der Waals surface area (Å²) in [6.07, 6.45) is 1.20. The Labute approximate surface area is 195 Å². The van der Waals surface area contributed by atoms with E-state index in [1.165, 1.54) is 6.07 Å². The molecule has 3 aromatic carbocycles. The van der Waals surface area contributed by atoms with Gasteiger partial charge >= 0.3 is 0 Å². The third-order valence-electron chi connectivity index (χ3n) is 6.15. The fourth-order valence-corrected chi connectivity index (χ4v) is 4.19. The Bertz CT molecular complexity index is 1350. The van der Waals surface area contributed by atoms with E-state index >= 15 is 0 Å². The highest BCUT2D eigenvalue weighted by molar-refractivity contribution is 6.02. The van der Waals surface area contributed by atoms with Crippen molar-refractivity contribution in [3.63, 3.8) is 0 Å². The summed E-state index contributed by atoms with van der Waals surface area (Å²) in [4.78, 5) is 13.2. The van der Waals surface area contributed by atoms with Crippen LogP contribution in [0.4, 0.5) is 10.1 Å². The van der Waals surface area contributed by atoms with Gasteiger partial charge < -0.3 is 14.8 Å². The molecule has 1 amide bonds. The van der Waals surface area contributed by atoms with Gasteiger partial charge in [-0.2, -0.15) is 0 Å². The second kappa shape index (κ2) is 8.58. The van der Waals surface area contributed by atoms with Crippen LogP contribution in [0.1, 0.15) is 18.4 Å². The largest absolute Gasteiger partial charge is 0.493 e. The molecule has 0 radical (unpaired) electrons. The van der Waals surface area contributed by atoms with Crippen molar-refractivity contribution in [1.29, 1.82) is 0 Å². The number of halogens is 1. The maximum atomic E-state index is 14.4. The Morgan fingerprint density at radius 2 is 1.79 bits per heavy atom. The molecule has 0 atom stereocenters. The van der Waals surface area contributed by atoms with Crippen LogP contribution in [0.15, 0.2) is 60.7 Å². The lowest BCUT2D eigenvalue weighted by Crippen LogP contribution is -2.28. The van der Waals surface area contributed by atoms with Crippen LogP contribution in [0, 0.1) is 5.82 Å². The summed E-state index contributed by atoms with van der Waals surface area (Å²) in [7, 11) is 3.15. The Kier molecular flexibility index (Phi) is 5.45. The molecule has 0 spiro atoms. The normalized spacial score (nSPS) is 13.9. The number of nitrogens with one attached hydrogen (secondary N) is 2. The molecule has 1 heterocycles. The highest BCUT2D eigenvalue weighted by atomic mass is 19.1. The zero-order valence-corrected chi connectivity index (χ0v) is 18.6. The molecule has 1 saturated carbocycles. The number of carbonyl (C=O) groups excluding carboxylic acids is 1. The Morgan fingerprint density at radius 3 is 2.47 bits per heavy atom. The number of ether oxygens (including phenoxy) is 2. The quantitative estimate of drug-likeness (QED) is 0.426. The molecule has 9 heteroatoms. The lowest BCUT2D eigenvalue weighted by atomic mass is 9.94. The number of H-pyrrole nitrogens is 1. The average molecular weight is 459 g/mol. The molecule has 8 nitrogen and oxygen atoms in total. The predicted octanol–water partition coefficient (Wildman–Crippen LogP) is 4.36. The van der Waals surface area contributed by atoms with E-state index in [4.69, 9.17) is 9.47 Å². The highest BCUT2D eigenvalue weighted by Gasteiger charge is 2.52. The number of carbonyl (C=O) groups is 1. The number of benzene rings is 3. The fraction of sp³-hybridized carbons (Fsp3) is 0.200. The molecular formula is C25H22FN5O3. The van der Waals surface area contributed by atoms with E-state index in [0.717, 1.165) is 11.1 Å². The minimum Gasteiger partial charge on any atom is -0.493 e. The number of amides is 1. The van der Waals surface area contributed by atoms with Crippen molar-refractivity contribution in [3.05, 3.63) is 72.0 Å². The zero-order valence-electron chi connectivity index (χ0n) is 18.6. The number of hydrogen-bond acceptors (Lipinski definition) is 6. The molecule has 34 heavy (non-hydrogen) atoms. The standard InChI is InChI=1S/C25H22FN5O3/c1-33-21-10-7-15(13-22(21)34-2)17-9-8-16(14-18(17)23-28-30-31-29-23)27-24(32)25(11-12-25)19-5-3-4-6-20(19)26/h3-10,13-14H,11-12H2,1-2H3,(H,27,32)(H,28,29,30,31). The third-order valence-corrected chi connectivity index (χ3v) is 6.15. The van der Waals surface area contributed by atoms with Gasteiger partial charge in [-0.3, -0.25) is 4.79 Å². The number of tetrazole rings is 1. The van der Waals surface area contributed by atoms with E-state index in [1.807, 2.05) is 24.3 Å². The van der Waals surface area contributed by atoms with Gasteiger partial charge in [0.15, 0.2) is 17.3 Å². The molecule has 5 rings (SSSR count). The number of aromatic nitrogens is 4. The molecule has 0 saturated heterocycles. The Hall–Kier alpha value is -4.27. The monoisotopic (exact) mass is 459 g/mol. The second-order valence-corrected chi connectivity index (χ2v) is 8.10. The van der Waals surface area contributed by atoms with Crippen LogP contribution in [0.25, 0.3) is 22.5 Å². The SMILES string of the molecule is COc1ccc(-c2ccc(NC(=O)C3(c4ccccc4F)CC3)cc2-c2nnn[nH]2)cc1OC. The van der Waals surface area contributed by atoms with Crippen molar-refractivity contribution in [2.45, 2.75) is 18.3 Å². The first kappa shape index (κ1) is 21.6. The molecule has 1 aromatic heterocycles. The minimum absolute atomic E-state index is 0.238. The molecule has 0 bridgehead atoms. The zero-order chi connectivity index (χ0) is 23.7. The summed E-state index contributed by atoms with van der Waals surface area (Å²) in [5, 5.41) is 17.2. The predicted molar refractivity (Wildman–Crippen MR) is 124 cm³/mol. The molecule has 1 aliphatic carbocycles. The first-order valence-corrected chi connectivity index (χ1v) is 10.7. The van der Waals surface area contributed by atoms with Crippen molar-refractivity contribution in [2.75, 3.05) is 19.5 Å². The van der Waals surface area contributed by atoms with Gasteiger partial charge in [-0.15, -0.1) is 5.10 Å². The van der Waals surface area contributed by atoms with Gasteiger partial charge in [0.05, 0.1) is 19.6 Å². The van der Waals surface area contributed by atoms with Crippen LogP contribution in [0.5, 0.6) is 11.5 Å². The van der Waals surface area contributed by atoms with Gasteiger partial charge in [0, 0.05) is 16.8 Å². The van der Waals surface area contributed by atoms with E-state index in [1.54, 1.807) is 44.6 Å². The van der Waals surface area contributed by atoms with Gasteiger partial charge in [0.2, 0.25) is 5.91 Å². The number of methoxy groups -OCH3 is 2. The van der Waals surface area contributed by atoms with Gasteiger partial charge in [-0.05, 0) is 64.7 Å². The molecule has 1 fully saturated rings. The number of nitrogens with zero attached hydrogens (tertiary/aromatic N) is 3. The second-order valence-electron chi connectivity index (χ2n) is 8.10. The van der Waals surface area contributed by atoms with Crippen LogP contribution in [0.3, 0.4) is 0 Å². The molecular weight excluding hydrogens is 437 g/mol. The number of rotatable bonds is 7. The highest BCUT2D eigenvalue weighted by Crippen LogP contribution is 2.50. The smallest absolute Gasteiger partial charge is 0.235 e. The van der Waals surface area contributed by atoms with Crippen LogP contribution >= 0.6 is 0 Å². The lowest BCUT2D eigenvalue weighted by molar-refractivity contribution is -0.118. The van der Waals surface area contributed by atoms with E-state index in [2.05, 4.69) is 25.9 Å². The van der Waals surface area contributed by atoms with Crippen molar-refractivity contribution >= 4 is 11.6 Å². The van der Waals surface area contributed by atoms with E-state index in [9.17, 15) is 9.18 Å². The van der Waals surface area contributed by atoms with Gasteiger partial charge in [-0.25, -0.2) is 9.49 Å². The number of aromatic amines is 1. The summed E-state index contributed by atoms with van der Waals surface area (Å²) in [6.45, 7) is 0. The van der Waals surface area contributed by atoms with Gasteiger partial charge in [-0.1, -0.05) is 30.3 Å². The van der Waals surface area contributed by atoms with Gasteiger partial charge in [0.25, 0.3) is 0 Å². The summed E-state index contributed by atoms with van der Waals surface area (Å²) in [5.74, 6) is 1.03. The van der Waals surface area contributed by atoms with Crippen LogP contribution in [0.2, 0.25) is 0 Å². The average Bonchev–Trinajstić information content (AvgIpc) is 3.49. The van der Waals surface area contributed by atoms with Crippen molar-refractivity contribution in [3.8, 4) is 34.0 Å². The van der Waals surface area contributed by atoms with Crippen LogP contribution in [-0.2, 0) is 10.2 Å². The van der Waals surface area contributed by atoms with E-state index in [0.29, 0.717) is 47.0 Å². The molecule has 1 aliphatic rings. The van der Waals surface area contributed by atoms with Crippen molar-refractivity contribution in [1.82, 2.24) is 20.6 Å². The summed E-state index contributed by atoms with van der Waals surface area (Å²) < 4.78 is 25.2. The lowest BCUT2D eigenvalue weighted by Gasteiger charge is -2.18. The molecule has 0 aliphatic heterocycles. The molecule has 172 valence electrons. The fourth-order valence-electron chi connectivity index (χ4n) is 4.19.